The maximum Gasteiger partial charge on any atom is 0.0552 e. The van der Waals surface area contributed by atoms with Gasteiger partial charge in [-0.15, -0.1) is 0 Å². The fourth-order valence-corrected chi connectivity index (χ4v) is 7.55. The molecule has 0 radical (unpaired) electrons. The van der Waals surface area contributed by atoms with Crippen LogP contribution in [0.2, 0.25) is 0 Å². The fraction of sp³-hybridized carbons (Fsp3) is 0.143. The van der Waals surface area contributed by atoms with E-state index in [1.165, 1.54) is 55.6 Å². The molecular weight excluding hydrogens is 532 g/mol. The minimum Gasteiger partial charge on any atom is -0.286 e. The second-order valence-electron chi connectivity index (χ2n) is 12.1. The molecule has 2 atom stereocenters. The Morgan fingerprint density at radius 3 is 0.841 bits per heavy atom. The molecule has 214 valence electrons. The second kappa shape index (κ2) is 11.7. The van der Waals surface area contributed by atoms with Crippen molar-refractivity contribution in [3.05, 3.63) is 191 Å². The van der Waals surface area contributed by atoms with Crippen molar-refractivity contribution < 1.29 is 0 Å². The highest BCUT2D eigenvalue weighted by atomic mass is 15.3. The lowest BCUT2D eigenvalue weighted by atomic mass is 9.89. The van der Waals surface area contributed by atoms with E-state index in [4.69, 9.17) is 0 Å². The van der Waals surface area contributed by atoms with Gasteiger partial charge in [-0.25, -0.2) is 0 Å². The van der Waals surface area contributed by atoms with Gasteiger partial charge in [0.2, 0.25) is 0 Å². The van der Waals surface area contributed by atoms with Gasteiger partial charge < -0.3 is 0 Å². The summed E-state index contributed by atoms with van der Waals surface area (Å²) in [7, 11) is 0. The average Bonchev–Trinajstić information content (AvgIpc) is 3.36. The van der Waals surface area contributed by atoms with E-state index in [0.29, 0.717) is 0 Å². The molecule has 0 bridgehead atoms. The van der Waals surface area contributed by atoms with Crippen LogP contribution >= 0.6 is 0 Å². The van der Waals surface area contributed by atoms with Gasteiger partial charge in [-0.2, -0.15) is 0 Å². The summed E-state index contributed by atoms with van der Waals surface area (Å²) in [5.41, 5.74) is 13.7. The van der Waals surface area contributed by atoms with E-state index in [1.807, 2.05) is 0 Å². The van der Waals surface area contributed by atoms with Crippen molar-refractivity contribution in [3.8, 4) is 22.3 Å². The first-order chi connectivity index (χ1) is 21.8. The molecular formula is C42H36N2. The Morgan fingerprint density at radius 2 is 0.545 bits per heavy atom. The first kappa shape index (κ1) is 26.8. The summed E-state index contributed by atoms with van der Waals surface area (Å²) < 4.78 is 0. The van der Waals surface area contributed by atoms with E-state index >= 15 is 0 Å². The number of hydrogen-bond donors (Lipinski definition) is 0. The maximum atomic E-state index is 2.74. The first-order valence-corrected chi connectivity index (χ1v) is 15.7. The minimum absolute atomic E-state index is 0.121. The van der Waals surface area contributed by atoms with Crippen molar-refractivity contribution in [2.75, 3.05) is 0 Å². The molecule has 0 amide bonds. The molecule has 0 aliphatic carbocycles. The monoisotopic (exact) mass is 568 g/mol. The molecule has 0 spiro atoms. The predicted octanol–water partition coefficient (Wildman–Crippen LogP) is 9.83. The molecule has 2 aliphatic heterocycles. The van der Waals surface area contributed by atoms with Crippen LogP contribution in [0.5, 0.6) is 0 Å². The third-order valence-corrected chi connectivity index (χ3v) is 9.51. The minimum atomic E-state index is 0.121. The molecule has 2 nitrogen and oxygen atoms in total. The summed E-state index contributed by atoms with van der Waals surface area (Å²) in [5.74, 6) is 0. The second-order valence-corrected chi connectivity index (χ2v) is 12.1. The SMILES string of the molecule is c1ccc([C@H]([C@H](c2ccccc2)N2Cc3ccccc3-c3ccccc3C2)N2Cc3ccccc3-c3ccccc3C2)cc1. The molecule has 0 aromatic heterocycles. The molecule has 0 saturated heterocycles. The zero-order valence-electron chi connectivity index (χ0n) is 24.9. The quantitative estimate of drug-likeness (QED) is 0.204. The van der Waals surface area contributed by atoms with E-state index in [9.17, 15) is 0 Å². The molecule has 2 heterocycles. The largest absolute Gasteiger partial charge is 0.286 e. The van der Waals surface area contributed by atoms with Gasteiger partial charge in [0.1, 0.15) is 0 Å². The maximum absolute atomic E-state index is 2.74. The summed E-state index contributed by atoms with van der Waals surface area (Å²) in [4.78, 5) is 5.47. The van der Waals surface area contributed by atoms with Gasteiger partial charge in [0.05, 0.1) is 12.1 Å². The molecule has 0 fully saturated rings. The average molecular weight is 569 g/mol. The summed E-state index contributed by atoms with van der Waals surface area (Å²) in [6.07, 6.45) is 0. The number of hydrogen-bond acceptors (Lipinski definition) is 2. The van der Waals surface area contributed by atoms with E-state index in [2.05, 4.69) is 168 Å². The van der Waals surface area contributed by atoms with Crippen LogP contribution in [0.4, 0.5) is 0 Å². The summed E-state index contributed by atoms with van der Waals surface area (Å²) in [6.45, 7) is 3.53. The van der Waals surface area contributed by atoms with Crippen LogP contribution in [-0.2, 0) is 26.2 Å². The van der Waals surface area contributed by atoms with Crippen LogP contribution in [-0.4, -0.2) is 9.80 Å². The Bertz CT molecular complexity index is 1660. The van der Waals surface area contributed by atoms with Crippen LogP contribution in [0.1, 0.15) is 45.5 Å². The van der Waals surface area contributed by atoms with Gasteiger partial charge in [-0.3, -0.25) is 9.80 Å². The van der Waals surface area contributed by atoms with Crippen LogP contribution in [0.25, 0.3) is 22.3 Å². The molecule has 2 heteroatoms. The van der Waals surface area contributed by atoms with Crippen molar-refractivity contribution >= 4 is 0 Å². The Morgan fingerprint density at radius 1 is 0.295 bits per heavy atom. The molecule has 0 saturated carbocycles. The molecule has 0 unspecified atom stereocenters. The van der Waals surface area contributed by atoms with Gasteiger partial charge >= 0.3 is 0 Å². The molecule has 8 rings (SSSR count). The molecule has 6 aromatic carbocycles. The summed E-state index contributed by atoms with van der Waals surface area (Å²) in [6, 6.07) is 58.7. The lowest BCUT2D eigenvalue weighted by molar-refractivity contribution is 0.0561. The summed E-state index contributed by atoms with van der Waals surface area (Å²) in [5, 5.41) is 0. The lowest BCUT2D eigenvalue weighted by Gasteiger charge is -2.43. The Kier molecular flexibility index (Phi) is 7.15. The highest BCUT2D eigenvalue weighted by Crippen LogP contribution is 2.46. The van der Waals surface area contributed by atoms with E-state index < -0.39 is 0 Å². The third-order valence-electron chi connectivity index (χ3n) is 9.51. The number of nitrogens with zero attached hydrogens (tertiary/aromatic N) is 2. The number of fused-ring (bicyclic) bond motifs is 6. The molecule has 44 heavy (non-hydrogen) atoms. The lowest BCUT2D eigenvalue weighted by Crippen LogP contribution is -2.40. The number of benzene rings is 6. The van der Waals surface area contributed by atoms with Crippen LogP contribution < -0.4 is 0 Å². The van der Waals surface area contributed by atoms with Crippen molar-refractivity contribution in [1.82, 2.24) is 9.80 Å². The number of rotatable bonds is 5. The smallest absolute Gasteiger partial charge is 0.0552 e. The van der Waals surface area contributed by atoms with Crippen molar-refractivity contribution in [2.24, 2.45) is 0 Å². The van der Waals surface area contributed by atoms with Crippen molar-refractivity contribution in [2.45, 2.75) is 38.3 Å². The molecule has 2 aliphatic rings. The van der Waals surface area contributed by atoms with E-state index in [0.717, 1.165) is 26.2 Å². The van der Waals surface area contributed by atoms with E-state index in [1.54, 1.807) is 0 Å². The standard InChI is InChI=1S/C42H36N2/c1-3-15-31(16-4-1)41(43-27-33-19-7-11-23-37(33)38-24-12-8-20-34(38)28-43)42(32-17-5-2-6-18-32)44-29-35-21-9-13-25-39(35)40-26-14-10-22-36(40)30-44/h1-26,41-42H,27-30H2/t41-,42+. The Balaban J connectivity index is 1.33. The van der Waals surface area contributed by atoms with Gasteiger partial charge in [0.25, 0.3) is 0 Å². The normalized spacial score (nSPS) is 15.9. The first-order valence-electron chi connectivity index (χ1n) is 15.7. The zero-order valence-corrected chi connectivity index (χ0v) is 24.9. The van der Waals surface area contributed by atoms with Gasteiger partial charge in [0.15, 0.2) is 0 Å². The predicted molar refractivity (Wildman–Crippen MR) is 181 cm³/mol. The van der Waals surface area contributed by atoms with Gasteiger partial charge in [-0.1, -0.05) is 158 Å². The van der Waals surface area contributed by atoms with Gasteiger partial charge in [0, 0.05) is 26.2 Å². The van der Waals surface area contributed by atoms with Crippen molar-refractivity contribution in [3.63, 3.8) is 0 Å². The van der Waals surface area contributed by atoms with Crippen LogP contribution in [0, 0.1) is 0 Å². The molecule has 0 N–H and O–H groups in total. The van der Waals surface area contributed by atoms with Crippen LogP contribution in [0.15, 0.2) is 158 Å². The molecule has 6 aromatic rings. The summed E-state index contributed by atoms with van der Waals surface area (Å²) >= 11 is 0. The Labute approximate surface area is 260 Å². The highest BCUT2D eigenvalue weighted by molar-refractivity contribution is 5.72. The Hall–Kier alpha value is -4.76. The van der Waals surface area contributed by atoms with Crippen molar-refractivity contribution in [1.29, 1.82) is 0 Å². The topological polar surface area (TPSA) is 6.48 Å². The third kappa shape index (κ3) is 4.97. The highest BCUT2D eigenvalue weighted by Gasteiger charge is 2.37. The zero-order chi connectivity index (χ0) is 29.3. The van der Waals surface area contributed by atoms with E-state index in [-0.39, 0.29) is 12.1 Å². The van der Waals surface area contributed by atoms with Crippen LogP contribution in [0.3, 0.4) is 0 Å². The van der Waals surface area contributed by atoms with Gasteiger partial charge in [-0.05, 0) is 55.6 Å². The fourth-order valence-electron chi connectivity index (χ4n) is 7.55.